The fraction of sp³-hybridized carbons (Fsp3) is 0.619. The van der Waals surface area contributed by atoms with Crippen LogP contribution in [0.4, 0.5) is 26.3 Å². The third kappa shape index (κ3) is 8.65. The number of esters is 1. The van der Waals surface area contributed by atoms with Crippen molar-refractivity contribution in [2.45, 2.75) is 70.1 Å². The van der Waals surface area contributed by atoms with Crippen LogP contribution in [-0.2, 0) is 37.5 Å². The molecular formula is C21H29F6NO4Si. The third-order valence-corrected chi connectivity index (χ3v) is 10.0. The maximum absolute atomic E-state index is 13.0. The van der Waals surface area contributed by atoms with Crippen molar-refractivity contribution >= 4 is 20.2 Å². The van der Waals surface area contributed by atoms with Gasteiger partial charge in [-0.15, -0.1) is 0 Å². The van der Waals surface area contributed by atoms with E-state index in [1.165, 1.54) is 0 Å². The molecule has 12 heteroatoms. The van der Waals surface area contributed by atoms with E-state index < -0.39 is 61.7 Å². The number of halogens is 6. The van der Waals surface area contributed by atoms with E-state index in [1.54, 1.807) is 0 Å². The summed E-state index contributed by atoms with van der Waals surface area (Å²) in [6.07, 6.45) is -10.8. The number of amides is 1. The number of benzene rings is 1. The van der Waals surface area contributed by atoms with E-state index in [1.807, 2.05) is 33.9 Å². The van der Waals surface area contributed by atoms with Crippen LogP contribution in [-0.4, -0.2) is 40.0 Å². The lowest BCUT2D eigenvalue weighted by Crippen LogP contribution is -2.45. The molecule has 1 aromatic carbocycles. The first-order chi connectivity index (χ1) is 14.8. The Morgan fingerprint density at radius 3 is 1.85 bits per heavy atom. The van der Waals surface area contributed by atoms with Crippen LogP contribution in [0.25, 0.3) is 0 Å². The Labute approximate surface area is 190 Å². The predicted octanol–water partition coefficient (Wildman–Crippen LogP) is 5.34. The topological polar surface area (TPSA) is 64.6 Å². The lowest BCUT2D eigenvalue weighted by molar-refractivity contribution is -0.145. The number of hydrogen-bond acceptors (Lipinski definition) is 4. The number of rotatable bonds is 8. The van der Waals surface area contributed by atoms with Gasteiger partial charge in [0.15, 0.2) is 8.32 Å². The van der Waals surface area contributed by atoms with Gasteiger partial charge in [0.1, 0.15) is 6.04 Å². The van der Waals surface area contributed by atoms with Gasteiger partial charge >= 0.3 is 18.3 Å². The van der Waals surface area contributed by atoms with Crippen LogP contribution in [0.3, 0.4) is 0 Å². The molecule has 1 amide bonds. The molecule has 0 radical (unpaired) electrons. The molecule has 5 nitrogen and oxygen atoms in total. The summed E-state index contributed by atoms with van der Waals surface area (Å²) in [6.45, 7) is 10.1. The minimum absolute atomic E-state index is 0.0170. The summed E-state index contributed by atoms with van der Waals surface area (Å²) < 4.78 is 88.7. The van der Waals surface area contributed by atoms with Crippen LogP contribution >= 0.6 is 0 Å². The number of hydrogen-bond donors (Lipinski definition) is 1. The summed E-state index contributed by atoms with van der Waals surface area (Å²) in [7, 11) is -1.05. The number of methoxy groups -OCH3 is 1. The summed E-state index contributed by atoms with van der Waals surface area (Å²) in [5, 5.41) is 2.22. The Hall–Kier alpha value is -2.08. The van der Waals surface area contributed by atoms with Crippen molar-refractivity contribution in [2.75, 3.05) is 13.7 Å². The molecule has 0 aromatic heterocycles. The number of nitrogens with one attached hydrogen (secondary N) is 1. The lowest BCUT2D eigenvalue weighted by Gasteiger charge is -2.36. The fourth-order valence-corrected chi connectivity index (χ4v) is 3.65. The molecule has 1 N–H and O–H groups in total. The smallest absolute Gasteiger partial charge is 0.416 e. The van der Waals surface area contributed by atoms with Gasteiger partial charge in [-0.2, -0.15) is 26.3 Å². The van der Waals surface area contributed by atoms with Gasteiger partial charge in [0, 0.05) is 13.0 Å². The average molecular weight is 502 g/mol. The van der Waals surface area contributed by atoms with Crippen molar-refractivity contribution in [1.82, 2.24) is 5.32 Å². The van der Waals surface area contributed by atoms with E-state index in [2.05, 4.69) is 10.1 Å². The number of carbonyl (C=O) groups is 2. The predicted molar refractivity (Wildman–Crippen MR) is 112 cm³/mol. The van der Waals surface area contributed by atoms with Crippen molar-refractivity contribution in [1.29, 1.82) is 0 Å². The normalized spacial score (nSPS) is 14.1. The first-order valence-corrected chi connectivity index (χ1v) is 13.0. The van der Waals surface area contributed by atoms with E-state index in [-0.39, 0.29) is 24.1 Å². The zero-order valence-corrected chi connectivity index (χ0v) is 20.3. The van der Waals surface area contributed by atoms with E-state index in [9.17, 15) is 35.9 Å². The molecule has 0 saturated carbocycles. The molecular weight excluding hydrogens is 472 g/mol. The van der Waals surface area contributed by atoms with Gasteiger partial charge in [-0.05, 0) is 41.9 Å². The lowest BCUT2D eigenvalue weighted by atomic mass is 10.0. The van der Waals surface area contributed by atoms with Gasteiger partial charge in [-0.25, -0.2) is 4.79 Å². The molecule has 0 bridgehead atoms. The fourth-order valence-electron chi connectivity index (χ4n) is 2.59. The molecule has 0 saturated heterocycles. The quantitative estimate of drug-likeness (QED) is 0.297. The van der Waals surface area contributed by atoms with Crippen molar-refractivity contribution in [2.24, 2.45) is 0 Å². The van der Waals surface area contributed by atoms with Crippen molar-refractivity contribution in [3.8, 4) is 0 Å². The Balaban J connectivity index is 2.98. The second-order valence-electron chi connectivity index (χ2n) is 9.13. The highest BCUT2D eigenvalue weighted by Crippen LogP contribution is 2.37. The van der Waals surface area contributed by atoms with Gasteiger partial charge in [0.05, 0.1) is 24.7 Å². The largest absolute Gasteiger partial charge is 0.467 e. The molecule has 0 aliphatic rings. The van der Waals surface area contributed by atoms with Gasteiger partial charge in [0.25, 0.3) is 0 Å². The van der Waals surface area contributed by atoms with Crippen LogP contribution in [0.2, 0.25) is 18.1 Å². The summed E-state index contributed by atoms with van der Waals surface area (Å²) in [5.41, 5.74) is -3.53. The Morgan fingerprint density at radius 1 is 0.970 bits per heavy atom. The molecule has 0 spiro atoms. The maximum atomic E-state index is 13.0. The first kappa shape index (κ1) is 28.9. The summed E-state index contributed by atoms with van der Waals surface area (Å²) in [6, 6.07) is -0.234. The van der Waals surface area contributed by atoms with Crippen LogP contribution in [0.5, 0.6) is 0 Å². The summed E-state index contributed by atoms with van der Waals surface area (Å²) in [5.74, 6) is -1.73. The van der Waals surface area contributed by atoms with Crippen LogP contribution in [0, 0.1) is 0 Å². The van der Waals surface area contributed by atoms with Crippen LogP contribution in [0.1, 0.15) is 43.9 Å². The SMILES string of the molecule is COC(=O)[C@H](CCO[Si](C)(C)C(C)(C)C)NC(=O)Cc1cc(C(F)(F)F)cc(C(F)(F)F)c1. The van der Waals surface area contributed by atoms with Gasteiger partial charge in [-0.1, -0.05) is 20.8 Å². The highest BCUT2D eigenvalue weighted by molar-refractivity contribution is 6.74. The van der Waals surface area contributed by atoms with Crippen molar-refractivity contribution in [3.05, 3.63) is 34.9 Å². The molecule has 33 heavy (non-hydrogen) atoms. The maximum Gasteiger partial charge on any atom is 0.416 e. The summed E-state index contributed by atoms with van der Waals surface area (Å²) in [4.78, 5) is 24.4. The monoisotopic (exact) mass is 501 g/mol. The highest BCUT2D eigenvalue weighted by atomic mass is 28.4. The second-order valence-corrected chi connectivity index (χ2v) is 13.9. The van der Waals surface area contributed by atoms with Crippen molar-refractivity contribution < 1.29 is 45.1 Å². The Bertz CT molecular complexity index is 814. The van der Waals surface area contributed by atoms with E-state index in [0.717, 1.165) is 7.11 Å². The molecule has 1 atom stereocenters. The van der Waals surface area contributed by atoms with Crippen LogP contribution < -0.4 is 5.32 Å². The third-order valence-electron chi connectivity index (χ3n) is 5.51. The molecule has 1 rings (SSSR count). The first-order valence-electron chi connectivity index (χ1n) is 10.1. The summed E-state index contributed by atoms with van der Waals surface area (Å²) >= 11 is 0. The standard InChI is InChI=1S/C21H29F6NO4Si/c1-19(2,3)33(5,6)32-8-7-16(18(30)31-4)28-17(29)11-13-9-14(20(22,23)24)12-15(10-13)21(25,26)27/h9-10,12,16H,7-8,11H2,1-6H3,(H,28,29)/t16-/m0/s1. The van der Waals surface area contributed by atoms with Gasteiger partial charge < -0.3 is 14.5 Å². The van der Waals surface area contributed by atoms with E-state index in [0.29, 0.717) is 12.1 Å². The number of carbonyl (C=O) groups excluding carboxylic acids is 2. The molecule has 0 heterocycles. The van der Waals surface area contributed by atoms with Gasteiger partial charge in [-0.3, -0.25) is 4.79 Å². The zero-order valence-electron chi connectivity index (χ0n) is 19.3. The second kappa shape index (κ2) is 10.5. The Kier molecular flexibility index (Phi) is 9.17. The number of alkyl halides is 6. The highest BCUT2D eigenvalue weighted by Gasteiger charge is 2.38. The minimum atomic E-state index is -5.03. The molecule has 0 aliphatic heterocycles. The van der Waals surface area contributed by atoms with Crippen LogP contribution in [0.15, 0.2) is 18.2 Å². The molecule has 0 aliphatic carbocycles. The van der Waals surface area contributed by atoms with Gasteiger partial charge in [0.2, 0.25) is 5.91 Å². The van der Waals surface area contributed by atoms with Crippen molar-refractivity contribution in [3.63, 3.8) is 0 Å². The van der Waals surface area contributed by atoms with E-state index in [4.69, 9.17) is 4.43 Å². The zero-order chi connectivity index (χ0) is 25.8. The average Bonchev–Trinajstić information content (AvgIpc) is 2.63. The Morgan fingerprint density at radius 2 is 1.45 bits per heavy atom. The minimum Gasteiger partial charge on any atom is -0.467 e. The molecule has 0 unspecified atom stereocenters. The molecule has 188 valence electrons. The van der Waals surface area contributed by atoms with E-state index >= 15 is 0 Å². The number of ether oxygens (including phenoxy) is 1. The molecule has 1 aromatic rings. The molecule has 0 fully saturated rings.